The van der Waals surface area contributed by atoms with Crippen LogP contribution in [0.2, 0.25) is 0 Å². The molecule has 5 rings (SSSR count). The van der Waals surface area contributed by atoms with Gasteiger partial charge in [-0.05, 0) is 73.5 Å². The summed E-state index contributed by atoms with van der Waals surface area (Å²) in [5.74, 6) is 3.68. The second-order valence-corrected chi connectivity index (χ2v) is 8.92. The fourth-order valence-electron chi connectivity index (χ4n) is 5.22. The molecule has 0 aliphatic heterocycles. The van der Waals surface area contributed by atoms with E-state index >= 15 is 0 Å². The minimum absolute atomic E-state index is 0.161. The maximum absolute atomic E-state index is 10.9. The third-order valence-electron chi connectivity index (χ3n) is 5.91. The van der Waals surface area contributed by atoms with Crippen molar-refractivity contribution in [1.29, 1.82) is 0 Å². The molecule has 0 amide bonds. The molecular formula is C19H25O5P. The van der Waals surface area contributed by atoms with E-state index in [2.05, 4.69) is 10.6 Å². The second-order valence-electron chi connectivity index (χ2n) is 7.75. The molecular weight excluding hydrogens is 339 g/mol. The van der Waals surface area contributed by atoms with Crippen LogP contribution in [0.3, 0.4) is 0 Å². The van der Waals surface area contributed by atoms with Gasteiger partial charge < -0.3 is 9.26 Å². The molecule has 1 aromatic carbocycles. The average Bonchev–Trinajstić information content (AvgIpc) is 2.51. The molecule has 136 valence electrons. The van der Waals surface area contributed by atoms with Crippen molar-refractivity contribution in [2.24, 2.45) is 23.7 Å². The molecule has 0 unspecified atom stereocenters. The summed E-state index contributed by atoms with van der Waals surface area (Å²) in [7, 11) is -4.52. The summed E-state index contributed by atoms with van der Waals surface area (Å²) in [6, 6.07) is 6.71. The van der Waals surface area contributed by atoms with Crippen LogP contribution in [0.15, 0.2) is 35.9 Å². The van der Waals surface area contributed by atoms with E-state index in [4.69, 9.17) is 14.5 Å². The van der Waals surface area contributed by atoms with Gasteiger partial charge in [0.05, 0.1) is 13.2 Å². The topological polar surface area (TPSA) is 76.0 Å². The van der Waals surface area contributed by atoms with E-state index in [0.717, 1.165) is 29.2 Å². The molecule has 6 heteroatoms. The predicted octanol–water partition coefficient (Wildman–Crippen LogP) is 4.06. The molecule has 4 fully saturated rings. The Morgan fingerprint density at radius 1 is 1.08 bits per heavy atom. The van der Waals surface area contributed by atoms with Gasteiger partial charge in [0.1, 0.15) is 5.75 Å². The molecule has 0 spiro atoms. The lowest BCUT2D eigenvalue weighted by Gasteiger charge is -2.51. The fourth-order valence-corrected chi connectivity index (χ4v) is 5.61. The summed E-state index contributed by atoms with van der Waals surface area (Å²) in [4.78, 5) is 17.7. The summed E-state index contributed by atoms with van der Waals surface area (Å²) in [6.07, 6.45) is 9.26. The number of allylic oxidation sites excluding steroid dienone is 1. The van der Waals surface area contributed by atoms with Gasteiger partial charge >= 0.3 is 7.82 Å². The Bertz CT molecular complexity index is 678. The fraction of sp³-hybridized carbons (Fsp3) is 0.579. The molecule has 4 saturated carbocycles. The van der Waals surface area contributed by atoms with Gasteiger partial charge in [0.25, 0.3) is 0 Å². The van der Waals surface area contributed by atoms with Crippen LogP contribution in [0.1, 0.15) is 37.7 Å². The van der Waals surface area contributed by atoms with Gasteiger partial charge in [0.2, 0.25) is 0 Å². The Morgan fingerprint density at radius 2 is 1.76 bits per heavy atom. The quantitative estimate of drug-likeness (QED) is 0.452. The number of ether oxygens (including phenoxy) is 1. The van der Waals surface area contributed by atoms with Gasteiger partial charge in [-0.15, -0.1) is 0 Å². The second kappa shape index (κ2) is 6.88. The number of hydrogen-bond donors (Lipinski definition) is 2. The zero-order chi connectivity index (χ0) is 17.4. The smallest absolute Gasteiger partial charge is 0.404 e. The van der Waals surface area contributed by atoms with Gasteiger partial charge in [-0.3, -0.25) is 9.79 Å². The summed E-state index contributed by atoms with van der Waals surface area (Å²) in [5.41, 5.74) is 2.47. The first-order valence-electron chi connectivity index (χ1n) is 9.08. The Balaban J connectivity index is 1.31. The number of phosphoric acid groups is 1. The van der Waals surface area contributed by atoms with Crippen LogP contribution in [0.4, 0.5) is 0 Å². The van der Waals surface area contributed by atoms with Gasteiger partial charge in [-0.2, -0.15) is 0 Å². The molecule has 2 N–H and O–H groups in total. The summed E-state index contributed by atoms with van der Waals surface area (Å²) in [5, 5.41) is 0. The van der Waals surface area contributed by atoms with Crippen LogP contribution >= 0.6 is 7.82 Å². The highest BCUT2D eigenvalue weighted by Crippen LogP contribution is 2.56. The van der Waals surface area contributed by atoms with Crippen molar-refractivity contribution in [3.05, 3.63) is 41.5 Å². The maximum atomic E-state index is 10.9. The molecule has 1 aromatic rings. The van der Waals surface area contributed by atoms with Crippen molar-refractivity contribution in [1.82, 2.24) is 0 Å². The zero-order valence-electron chi connectivity index (χ0n) is 14.2. The van der Waals surface area contributed by atoms with Crippen LogP contribution in [0.5, 0.6) is 5.75 Å². The molecule has 25 heavy (non-hydrogen) atoms. The minimum atomic E-state index is -4.52. The molecule has 0 saturated heterocycles. The van der Waals surface area contributed by atoms with E-state index in [0.29, 0.717) is 13.2 Å². The Labute approximate surface area is 148 Å². The highest BCUT2D eigenvalue weighted by molar-refractivity contribution is 7.46. The van der Waals surface area contributed by atoms with Crippen LogP contribution in [-0.4, -0.2) is 16.4 Å². The minimum Gasteiger partial charge on any atom is -0.404 e. The summed E-state index contributed by atoms with van der Waals surface area (Å²) >= 11 is 0. The monoisotopic (exact) mass is 364 g/mol. The summed E-state index contributed by atoms with van der Waals surface area (Å²) in [6.45, 7) is 1.00. The van der Waals surface area contributed by atoms with E-state index in [1.165, 1.54) is 38.2 Å². The lowest BCUT2D eigenvalue weighted by atomic mass is 9.54. The van der Waals surface area contributed by atoms with E-state index < -0.39 is 7.82 Å². The molecule has 4 aliphatic carbocycles. The van der Waals surface area contributed by atoms with Gasteiger partial charge in [0, 0.05) is 0 Å². The van der Waals surface area contributed by atoms with Crippen LogP contribution in [0, 0.1) is 23.7 Å². The maximum Gasteiger partial charge on any atom is 0.524 e. The van der Waals surface area contributed by atoms with Crippen molar-refractivity contribution in [2.75, 3.05) is 6.61 Å². The third-order valence-corrected chi connectivity index (χ3v) is 6.36. The lowest BCUT2D eigenvalue weighted by molar-refractivity contribution is 0.0670. The van der Waals surface area contributed by atoms with E-state index in [9.17, 15) is 4.57 Å². The molecule has 0 atom stereocenters. The highest BCUT2D eigenvalue weighted by atomic mass is 31.2. The number of rotatable bonds is 6. The Morgan fingerprint density at radius 3 is 2.40 bits per heavy atom. The SMILES string of the molecule is O=P(O)(O)Oc1cccc(COCC=C2C3CC4CC(C3)CC2C4)c1. The molecule has 4 aliphatic rings. The number of phosphoric ester groups is 1. The Hall–Kier alpha value is -1.13. The van der Waals surface area contributed by atoms with E-state index in [1.54, 1.807) is 17.7 Å². The van der Waals surface area contributed by atoms with Crippen molar-refractivity contribution in [3.8, 4) is 5.75 Å². The summed E-state index contributed by atoms with van der Waals surface area (Å²) < 4.78 is 21.3. The third kappa shape index (κ3) is 4.17. The van der Waals surface area contributed by atoms with Crippen LogP contribution in [0.25, 0.3) is 0 Å². The first kappa shape index (κ1) is 17.3. The molecule has 4 bridgehead atoms. The van der Waals surface area contributed by atoms with E-state index in [1.807, 2.05) is 6.07 Å². The zero-order valence-corrected chi connectivity index (χ0v) is 15.1. The molecule has 0 heterocycles. The van der Waals surface area contributed by atoms with Gasteiger partial charge in [0.15, 0.2) is 0 Å². The molecule has 0 radical (unpaired) electrons. The predicted molar refractivity (Wildman–Crippen MR) is 93.9 cm³/mol. The van der Waals surface area contributed by atoms with Crippen molar-refractivity contribution in [2.45, 2.75) is 38.7 Å². The first-order chi connectivity index (χ1) is 12.0. The van der Waals surface area contributed by atoms with Crippen LogP contribution in [-0.2, 0) is 15.9 Å². The first-order valence-corrected chi connectivity index (χ1v) is 10.6. The highest BCUT2D eigenvalue weighted by Gasteiger charge is 2.44. The lowest BCUT2D eigenvalue weighted by Crippen LogP contribution is -2.40. The van der Waals surface area contributed by atoms with Gasteiger partial charge in [-0.1, -0.05) is 23.8 Å². The van der Waals surface area contributed by atoms with Crippen molar-refractivity contribution >= 4 is 7.82 Å². The molecule has 5 nitrogen and oxygen atoms in total. The Kier molecular flexibility index (Phi) is 4.76. The van der Waals surface area contributed by atoms with Crippen molar-refractivity contribution < 1.29 is 23.6 Å². The standard InChI is InChI=1S/C19H25O5P/c20-25(21,22)24-18-3-1-2-13(11-18)12-23-5-4-19-16-7-14-6-15(9-16)10-17(19)8-14/h1-4,11,14-17H,5-10,12H2,(H2,20,21,22). The largest absolute Gasteiger partial charge is 0.524 e. The number of hydrogen-bond acceptors (Lipinski definition) is 3. The number of benzene rings is 1. The van der Waals surface area contributed by atoms with Gasteiger partial charge in [-0.25, -0.2) is 4.57 Å². The molecule has 0 aromatic heterocycles. The normalized spacial score (nSPS) is 30.6. The average molecular weight is 364 g/mol. The van der Waals surface area contributed by atoms with E-state index in [-0.39, 0.29) is 5.75 Å². The van der Waals surface area contributed by atoms with Crippen LogP contribution < -0.4 is 4.52 Å². The van der Waals surface area contributed by atoms with Crippen molar-refractivity contribution in [3.63, 3.8) is 0 Å².